The molecule has 1 aromatic rings. The van der Waals surface area contributed by atoms with Crippen LogP contribution in [0.1, 0.15) is 18.6 Å². The van der Waals surface area contributed by atoms with Gasteiger partial charge < -0.3 is 14.7 Å². The van der Waals surface area contributed by atoms with E-state index < -0.39 is 0 Å². The Morgan fingerprint density at radius 3 is 2.80 bits per heavy atom. The van der Waals surface area contributed by atoms with Gasteiger partial charge >= 0.3 is 0 Å². The van der Waals surface area contributed by atoms with Crippen molar-refractivity contribution in [2.45, 2.75) is 25.8 Å². The standard InChI is InChI=1S/C10H20N4O/c1-8(11-2)7-10-12-9(13-15-10)5-6-14(3)4/h8,11H,5-7H2,1-4H3. The van der Waals surface area contributed by atoms with Gasteiger partial charge in [-0.3, -0.25) is 0 Å². The Morgan fingerprint density at radius 2 is 2.20 bits per heavy atom. The van der Waals surface area contributed by atoms with E-state index >= 15 is 0 Å². The van der Waals surface area contributed by atoms with Crippen molar-refractivity contribution in [3.8, 4) is 0 Å². The lowest BCUT2D eigenvalue weighted by Crippen LogP contribution is -2.23. The van der Waals surface area contributed by atoms with Gasteiger partial charge in [0, 0.05) is 25.4 Å². The van der Waals surface area contributed by atoms with Crippen LogP contribution in [-0.2, 0) is 12.8 Å². The van der Waals surface area contributed by atoms with Crippen molar-refractivity contribution in [2.24, 2.45) is 0 Å². The maximum atomic E-state index is 5.15. The second-order valence-electron chi connectivity index (χ2n) is 4.05. The van der Waals surface area contributed by atoms with Gasteiger partial charge in [0.25, 0.3) is 0 Å². The lowest BCUT2D eigenvalue weighted by molar-refractivity contribution is 0.356. The molecular weight excluding hydrogens is 192 g/mol. The molecule has 5 nitrogen and oxygen atoms in total. The minimum atomic E-state index is 0.368. The van der Waals surface area contributed by atoms with Crippen LogP contribution in [0.25, 0.3) is 0 Å². The number of hydrogen-bond donors (Lipinski definition) is 1. The third-order valence-corrected chi connectivity index (χ3v) is 2.27. The van der Waals surface area contributed by atoms with Crippen LogP contribution in [0.4, 0.5) is 0 Å². The van der Waals surface area contributed by atoms with Crippen molar-refractivity contribution in [3.05, 3.63) is 11.7 Å². The van der Waals surface area contributed by atoms with Crippen LogP contribution in [0.2, 0.25) is 0 Å². The van der Waals surface area contributed by atoms with Gasteiger partial charge in [0.15, 0.2) is 5.82 Å². The molecule has 0 aliphatic carbocycles. The zero-order valence-corrected chi connectivity index (χ0v) is 9.95. The first-order chi connectivity index (χ1) is 7.11. The van der Waals surface area contributed by atoms with Gasteiger partial charge in [-0.05, 0) is 28.1 Å². The molecule has 0 bridgehead atoms. The summed E-state index contributed by atoms with van der Waals surface area (Å²) in [5.41, 5.74) is 0. The van der Waals surface area contributed by atoms with E-state index in [-0.39, 0.29) is 0 Å². The number of hydrogen-bond acceptors (Lipinski definition) is 5. The van der Waals surface area contributed by atoms with Gasteiger partial charge in [0.1, 0.15) is 0 Å². The first-order valence-corrected chi connectivity index (χ1v) is 5.25. The maximum absolute atomic E-state index is 5.15. The third-order valence-electron chi connectivity index (χ3n) is 2.27. The summed E-state index contributed by atoms with van der Waals surface area (Å²) < 4.78 is 5.15. The fraction of sp³-hybridized carbons (Fsp3) is 0.800. The van der Waals surface area contributed by atoms with Gasteiger partial charge in [-0.2, -0.15) is 4.98 Å². The van der Waals surface area contributed by atoms with E-state index in [1.165, 1.54) is 0 Å². The summed E-state index contributed by atoms with van der Waals surface area (Å²) >= 11 is 0. The van der Waals surface area contributed by atoms with Gasteiger partial charge in [-0.15, -0.1) is 0 Å². The molecular formula is C10H20N4O. The van der Waals surface area contributed by atoms with Gasteiger partial charge in [0.05, 0.1) is 0 Å². The molecule has 1 heterocycles. The highest BCUT2D eigenvalue weighted by atomic mass is 16.5. The number of nitrogens with zero attached hydrogens (tertiary/aromatic N) is 3. The Balaban J connectivity index is 2.42. The van der Waals surface area contributed by atoms with Gasteiger partial charge in [0.2, 0.25) is 5.89 Å². The lowest BCUT2D eigenvalue weighted by atomic mass is 10.2. The van der Waals surface area contributed by atoms with Crippen molar-refractivity contribution >= 4 is 0 Å². The average Bonchev–Trinajstić information content (AvgIpc) is 2.62. The normalized spacial score (nSPS) is 13.4. The third kappa shape index (κ3) is 4.40. The minimum absolute atomic E-state index is 0.368. The Morgan fingerprint density at radius 1 is 1.47 bits per heavy atom. The molecule has 86 valence electrons. The molecule has 0 aliphatic rings. The molecule has 1 atom stereocenters. The molecule has 0 aromatic carbocycles. The Bertz CT molecular complexity index is 285. The van der Waals surface area contributed by atoms with Crippen LogP contribution < -0.4 is 5.32 Å². The van der Waals surface area contributed by atoms with Crippen molar-refractivity contribution in [1.29, 1.82) is 0 Å². The number of nitrogens with one attached hydrogen (secondary N) is 1. The summed E-state index contributed by atoms with van der Waals surface area (Å²) in [6, 6.07) is 0.368. The van der Waals surface area contributed by atoms with E-state index in [1.807, 2.05) is 21.1 Å². The molecule has 5 heteroatoms. The second kappa shape index (κ2) is 5.82. The molecule has 0 fully saturated rings. The molecule has 0 saturated heterocycles. The summed E-state index contributed by atoms with van der Waals surface area (Å²) in [6.07, 6.45) is 1.62. The molecule has 0 saturated carbocycles. The molecule has 0 spiro atoms. The molecule has 0 amide bonds. The van der Waals surface area contributed by atoms with Crippen LogP contribution in [-0.4, -0.2) is 48.8 Å². The van der Waals surface area contributed by atoms with Crippen LogP contribution in [0.5, 0.6) is 0 Å². The van der Waals surface area contributed by atoms with E-state index in [0.717, 1.165) is 25.2 Å². The molecule has 1 unspecified atom stereocenters. The molecule has 15 heavy (non-hydrogen) atoms. The summed E-state index contributed by atoms with van der Waals surface area (Å²) in [4.78, 5) is 6.43. The van der Waals surface area contributed by atoms with Crippen molar-refractivity contribution in [3.63, 3.8) is 0 Å². The Kier molecular flexibility index (Phi) is 4.71. The van der Waals surface area contributed by atoms with E-state index in [1.54, 1.807) is 0 Å². The van der Waals surface area contributed by atoms with Crippen LogP contribution in [0.15, 0.2) is 4.52 Å². The quantitative estimate of drug-likeness (QED) is 0.736. The predicted octanol–water partition coefficient (Wildman–Crippen LogP) is 0.324. The Labute approximate surface area is 90.8 Å². The van der Waals surface area contributed by atoms with Crippen molar-refractivity contribution in [1.82, 2.24) is 20.4 Å². The van der Waals surface area contributed by atoms with E-state index in [9.17, 15) is 0 Å². The monoisotopic (exact) mass is 212 g/mol. The van der Waals surface area contributed by atoms with Gasteiger partial charge in [-0.1, -0.05) is 5.16 Å². The molecule has 0 aliphatic heterocycles. The zero-order chi connectivity index (χ0) is 11.3. The molecule has 0 radical (unpaired) electrons. The van der Waals surface area contributed by atoms with E-state index in [0.29, 0.717) is 11.9 Å². The van der Waals surface area contributed by atoms with E-state index in [2.05, 4.69) is 27.3 Å². The largest absolute Gasteiger partial charge is 0.339 e. The SMILES string of the molecule is CNC(C)Cc1nc(CCN(C)C)no1. The Hall–Kier alpha value is -0.940. The second-order valence-corrected chi connectivity index (χ2v) is 4.05. The summed E-state index contributed by atoms with van der Waals surface area (Å²) in [5.74, 6) is 1.51. The molecule has 1 N–H and O–H groups in total. The number of aromatic nitrogens is 2. The van der Waals surface area contributed by atoms with Crippen molar-refractivity contribution < 1.29 is 4.52 Å². The summed E-state index contributed by atoms with van der Waals surface area (Å²) in [7, 11) is 5.99. The summed E-state index contributed by atoms with van der Waals surface area (Å²) in [6.45, 7) is 3.03. The summed E-state index contributed by atoms with van der Waals surface area (Å²) in [5, 5.41) is 7.07. The predicted molar refractivity (Wildman–Crippen MR) is 58.8 cm³/mol. The topological polar surface area (TPSA) is 54.2 Å². The smallest absolute Gasteiger partial charge is 0.228 e. The fourth-order valence-corrected chi connectivity index (χ4v) is 1.16. The number of rotatable bonds is 6. The van der Waals surface area contributed by atoms with Gasteiger partial charge in [-0.25, -0.2) is 0 Å². The molecule has 1 aromatic heterocycles. The highest BCUT2D eigenvalue weighted by Crippen LogP contribution is 2.02. The lowest BCUT2D eigenvalue weighted by Gasteiger charge is -2.05. The maximum Gasteiger partial charge on any atom is 0.228 e. The minimum Gasteiger partial charge on any atom is -0.339 e. The van der Waals surface area contributed by atoms with Crippen molar-refractivity contribution in [2.75, 3.05) is 27.7 Å². The van der Waals surface area contributed by atoms with Crippen LogP contribution >= 0.6 is 0 Å². The fourth-order valence-electron chi connectivity index (χ4n) is 1.16. The van der Waals surface area contributed by atoms with Crippen LogP contribution in [0.3, 0.4) is 0 Å². The first-order valence-electron chi connectivity index (χ1n) is 5.25. The first kappa shape index (κ1) is 12.1. The highest BCUT2D eigenvalue weighted by Gasteiger charge is 2.09. The average molecular weight is 212 g/mol. The zero-order valence-electron chi connectivity index (χ0n) is 9.95. The molecule has 1 rings (SSSR count). The van der Waals surface area contributed by atoms with Crippen LogP contribution in [0, 0.1) is 0 Å². The highest BCUT2D eigenvalue weighted by molar-refractivity contribution is 4.89. The number of likely N-dealkylation sites (N-methyl/N-ethyl adjacent to an activating group) is 2. The van der Waals surface area contributed by atoms with E-state index in [4.69, 9.17) is 4.52 Å².